The summed E-state index contributed by atoms with van der Waals surface area (Å²) in [6, 6.07) is 10.7. The zero-order chi connectivity index (χ0) is 23.5. The van der Waals surface area contributed by atoms with Crippen LogP contribution in [0.25, 0.3) is 0 Å². The van der Waals surface area contributed by atoms with Gasteiger partial charge in [-0.15, -0.1) is 0 Å². The van der Waals surface area contributed by atoms with Crippen molar-refractivity contribution in [1.29, 1.82) is 0 Å². The maximum absolute atomic E-state index is 10.7. The molecule has 2 bridgehead atoms. The molecule has 1 saturated heterocycles. The summed E-state index contributed by atoms with van der Waals surface area (Å²) >= 11 is 0. The highest BCUT2D eigenvalue weighted by Crippen LogP contribution is 2.58. The lowest BCUT2D eigenvalue weighted by Gasteiger charge is -2.38. The number of ether oxygens (including phenoxy) is 1. The van der Waals surface area contributed by atoms with Crippen molar-refractivity contribution in [2.45, 2.75) is 89.8 Å². The number of carboxylic acids is 1. The van der Waals surface area contributed by atoms with Crippen LogP contribution in [0.4, 0.5) is 0 Å². The fourth-order valence-electron chi connectivity index (χ4n) is 5.72. The fourth-order valence-corrected chi connectivity index (χ4v) is 5.72. The van der Waals surface area contributed by atoms with E-state index in [1.165, 1.54) is 12.0 Å². The van der Waals surface area contributed by atoms with Crippen molar-refractivity contribution >= 4 is 5.97 Å². The number of hydrogen-bond acceptors (Lipinski definition) is 3. The Kier molecular flexibility index (Phi) is 10.2. The van der Waals surface area contributed by atoms with Gasteiger partial charge in [-0.25, -0.2) is 0 Å². The summed E-state index contributed by atoms with van der Waals surface area (Å²) in [5, 5.41) is 19.3. The van der Waals surface area contributed by atoms with E-state index < -0.39 is 5.97 Å². The Bertz CT molecular complexity index is 771. The summed E-state index contributed by atoms with van der Waals surface area (Å²) < 4.78 is 6.27. The number of carbonyl (C=O) groups is 1. The van der Waals surface area contributed by atoms with Crippen LogP contribution >= 0.6 is 0 Å². The van der Waals surface area contributed by atoms with E-state index in [-0.39, 0.29) is 24.0 Å². The molecule has 0 amide bonds. The maximum atomic E-state index is 10.7. The lowest BCUT2D eigenvalue weighted by Crippen LogP contribution is -2.36. The molecule has 2 aliphatic rings. The number of aliphatic hydroxyl groups is 1. The smallest absolute Gasteiger partial charge is 0.303 e. The Balaban J connectivity index is 1.65. The molecule has 0 unspecified atom stereocenters. The highest BCUT2D eigenvalue weighted by atomic mass is 16.5. The van der Waals surface area contributed by atoms with Gasteiger partial charge in [0, 0.05) is 17.8 Å². The van der Waals surface area contributed by atoms with Crippen LogP contribution in [0.2, 0.25) is 0 Å². The summed E-state index contributed by atoms with van der Waals surface area (Å²) in [4.78, 5) is 10.7. The molecule has 0 spiro atoms. The highest BCUT2D eigenvalue weighted by molar-refractivity contribution is 5.66. The molecule has 4 heteroatoms. The Hall–Kier alpha value is -1.91. The molecule has 3 rings (SSSR count). The quantitative estimate of drug-likeness (QED) is 0.240. The minimum Gasteiger partial charge on any atom is -0.481 e. The summed E-state index contributed by atoms with van der Waals surface area (Å²) in [7, 11) is 0. The van der Waals surface area contributed by atoms with Crippen molar-refractivity contribution in [1.82, 2.24) is 0 Å². The van der Waals surface area contributed by atoms with Gasteiger partial charge in [0.25, 0.3) is 0 Å². The molecular weight excluding hydrogens is 412 g/mol. The van der Waals surface area contributed by atoms with Crippen LogP contribution in [0.3, 0.4) is 0 Å². The van der Waals surface area contributed by atoms with E-state index in [0.29, 0.717) is 18.3 Å². The number of rotatable bonds is 15. The molecule has 1 aromatic carbocycles. The third-order valence-corrected chi connectivity index (χ3v) is 7.60. The number of aryl methyl sites for hydroxylation is 1. The second kappa shape index (κ2) is 13.1. The summed E-state index contributed by atoms with van der Waals surface area (Å²) in [5.74, 6) is 0.102. The molecule has 33 heavy (non-hydrogen) atoms. The molecule has 5 atom stereocenters. The van der Waals surface area contributed by atoms with Gasteiger partial charge in [-0.3, -0.25) is 4.79 Å². The van der Waals surface area contributed by atoms with Crippen molar-refractivity contribution in [3.8, 4) is 0 Å². The molecular formula is C29H42O4. The number of fused-ring (bicyclic) bond motifs is 2. The van der Waals surface area contributed by atoms with Gasteiger partial charge in [0.2, 0.25) is 0 Å². The van der Waals surface area contributed by atoms with Crippen LogP contribution in [0.15, 0.2) is 54.6 Å². The van der Waals surface area contributed by atoms with Gasteiger partial charge in [-0.05, 0) is 56.4 Å². The van der Waals surface area contributed by atoms with Crippen LogP contribution in [0, 0.1) is 17.3 Å². The lowest BCUT2D eigenvalue weighted by atomic mass is 9.70. The number of benzene rings is 1. The fraction of sp³-hybridized carbons (Fsp3) is 0.621. The highest BCUT2D eigenvalue weighted by Gasteiger charge is 2.56. The minimum atomic E-state index is -0.726. The number of aliphatic carboxylic acids is 1. The van der Waals surface area contributed by atoms with Gasteiger partial charge in [-0.2, -0.15) is 0 Å². The number of hydrogen-bond donors (Lipinski definition) is 2. The molecule has 0 aromatic heterocycles. The Labute approximate surface area is 199 Å². The average molecular weight is 455 g/mol. The summed E-state index contributed by atoms with van der Waals surface area (Å²) in [5.41, 5.74) is 1.55. The van der Waals surface area contributed by atoms with Crippen LogP contribution < -0.4 is 0 Å². The zero-order valence-corrected chi connectivity index (χ0v) is 20.2. The number of carboxylic acid groups (broad SMARTS) is 1. The molecule has 0 radical (unpaired) electrons. The first-order valence-electron chi connectivity index (χ1n) is 12.9. The Morgan fingerprint density at radius 2 is 2.03 bits per heavy atom. The van der Waals surface area contributed by atoms with Crippen molar-refractivity contribution in [3.05, 3.63) is 60.2 Å². The van der Waals surface area contributed by atoms with Crippen LogP contribution in [-0.4, -0.2) is 35.0 Å². The third kappa shape index (κ3) is 7.55. The zero-order valence-electron chi connectivity index (χ0n) is 20.2. The van der Waals surface area contributed by atoms with Gasteiger partial charge in [-0.1, -0.05) is 80.8 Å². The van der Waals surface area contributed by atoms with Crippen molar-refractivity contribution in [3.63, 3.8) is 0 Å². The third-order valence-electron chi connectivity index (χ3n) is 7.60. The van der Waals surface area contributed by atoms with E-state index in [1.807, 2.05) is 6.08 Å². The van der Waals surface area contributed by atoms with Gasteiger partial charge >= 0.3 is 5.97 Å². The topological polar surface area (TPSA) is 66.8 Å². The summed E-state index contributed by atoms with van der Waals surface area (Å²) in [6.07, 6.45) is 18.8. The second-order valence-corrected chi connectivity index (χ2v) is 10.0. The van der Waals surface area contributed by atoms with Crippen LogP contribution in [0.5, 0.6) is 0 Å². The molecule has 1 aliphatic carbocycles. The van der Waals surface area contributed by atoms with E-state index in [2.05, 4.69) is 55.5 Å². The van der Waals surface area contributed by atoms with Crippen molar-refractivity contribution < 1.29 is 19.7 Å². The number of unbranched alkanes of at least 4 members (excludes halogenated alkanes) is 3. The molecule has 182 valence electrons. The minimum absolute atomic E-state index is 0.175. The molecule has 1 aliphatic heterocycles. The number of aliphatic hydroxyl groups excluding tert-OH is 1. The normalized spacial score (nSPS) is 27.6. The lowest BCUT2D eigenvalue weighted by molar-refractivity contribution is -0.137. The van der Waals surface area contributed by atoms with E-state index in [0.717, 1.165) is 58.0 Å². The van der Waals surface area contributed by atoms with Gasteiger partial charge in [0.05, 0.1) is 18.8 Å². The van der Waals surface area contributed by atoms with Crippen LogP contribution in [-0.2, 0) is 16.0 Å². The molecule has 4 nitrogen and oxygen atoms in total. The van der Waals surface area contributed by atoms with E-state index >= 15 is 0 Å². The Morgan fingerprint density at radius 1 is 1.21 bits per heavy atom. The molecule has 2 N–H and O–H groups in total. The Morgan fingerprint density at radius 3 is 2.79 bits per heavy atom. The molecule has 2 fully saturated rings. The molecule has 1 saturated carbocycles. The van der Waals surface area contributed by atoms with E-state index in [4.69, 9.17) is 9.84 Å². The molecule has 1 aromatic rings. The first-order valence-corrected chi connectivity index (χ1v) is 12.9. The largest absolute Gasteiger partial charge is 0.481 e. The monoisotopic (exact) mass is 454 g/mol. The first-order chi connectivity index (χ1) is 16.0. The van der Waals surface area contributed by atoms with Crippen LogP contribution in [0.1, 0.15) is 76.7 Å². The van der Waals surface area contributed by atoms with Crippen molar-refractivity contribution in [2.24, 2.45) is 17.3 Å². The predicted molar refractivity (Wildman–Crippen MR) is 133 cm³/mol. The van der Waals surface area contributed by atoms with Gasteiger partial charge in [0.15, 0.2) is 0 Å². The standard InChI is InChI=1S/C29H42O4/c1-2-3-7-14-24(30)17-18-25-26(15-10-4-5-11-16-28(31)32)29(21-27(25)33-22-29)20-19-23-12-8-6-9-13-23/h4,6,8-10,12-13,17-18,24-27,30H,2-3,5,7,11,14-16,19-22H2,1H3,(H,31,32)/b10-4-,18-17+/t24-,25+,26+,27+,29+/m0/s1. The maximum Gasteiger partial charge on any atom is 0.303 e. The van der Waals surface area contributed by atoms with Crippen molar-refractivity contribution in [2.75, 3.05) is 6.61 Å². The second-order valence-electron chi connectivity index (χ2n) is 10.0. The summed E-state index contributed by atoms with van der Waals surface area (Å²) in [6.45, 7) is 3.01. The first kappa shape index (κ1) is 25.7. The SMILES string of the molecule is CCCCC[C@H](O)/C=C/[C@@H]1[C@@H](C/C=C\CCCC(=O)O)[C@@]2(CCc3ccccc3)CO[C@@H]1C2. The van der Waals surface area contributed by atoms with E-state index in [1.54, 1.807) is 0 Å². The van der Waals surface area contributed by atoms with E-state index in [9.17, 15) is 9.90 Å². The van der Waals surface area contributed by atoms with Gasteiger partial charge in [0.1, 0.15) is 0 Å². The van der Waals surface area contributed by atoms with Gasteiger partial charge < -0.3 is 14.9 Å². The molecule has 1 heterocycles. The average Bonchev–Trinajstić information content (AvgIpc) is 3.36. The predicted octanol–water partition coefficient (Wildman–Crippen LogP) is 6.34. The number of allylic oxidation sites excluding steroid dienone is 2.